The largest absolute Gasteiger partial charge is 0.0993 e. The predicted octanol–water partition coefficient (Wildman–Crippen LogP) is 3.70. The van der Waals surface area contributed by atoms with Gasteiger partial charge >= 0.3 is 0 Å². The summed E-state index contributed by atoms with van der Waals surface area (Å²) in [6.45, 7) is 12.4. The lowest BCUT2D eigenvalue weighted by Crippen LogP contribution is -2.18. The first-order chi connectivity index (χ1) is 5.09. The predicted molar refractivity (Wildman–Crippen MR) is 50.5 cm³/mol. The molecule has 0 unspecified atom stereocenters. The summed E-state index contributed by atoms with van der Waals surface area (Å²) in [5, 5.41) is 0. The van der Waals surface area contributed by atoms with Crippen molar-refractivity contribution >= 4 is 0 Å². The number of hydrogen-bond acceptors (Lipinski definition) is 0. The first-order valence-corrected chi connectivity index (χ1v) is 4.41. The molecule has 62 valence electrons. The van der Waals surface area contributed by atoms with Gasteiger partial charge in [-0.25, -0.2) is 0 Å². The summed E-state index contributed by atoms with van der Waals surface area (Å²) in [6.07, 6.45) is 5.24. The Balaban J connectivity index is 2.87. The summed E-state index contributed by atoms with van der Waals surface area (Å²) in [5.41, 5.74) is 2.92. The Morgan fingerprint density at radius 1 is 1.00 bits per heavy atom. The van der Waals surface area contributed by atoms with Crippen LogP contribution in [0, 0.1) is 5.41 Å². The Hall–Kier alpha value is -0.520. The Labute approximate surface area is 70.0 Å². The molecule has 0 atom stereocenters. The molecule has 0 heteroatoms. The van der Waals surface area contributed by atoms with Crippen molar-refractivity contribution in [2.24, 2.45) is 5.41 Å². The van der Waals surface area contributed by atoms with Crippen molar-refractivity contribution in [3.63, 3.8) is 0 Å². The van der Waals surface area contributed by atoms with E-state index >= 15 is 0 Å². The van der Waals surface area contributed by atoms with Gasteiger partial charge in [0.25, 0.3) is 0 Å². The third kappa shape index (κ3) is 1.26. The quantitative estimate of drug-likeness (QED) is 0.526. The zero-order valence-corrected chi connectivity index (χ0v) is 7.74. The SMILES string of the molecule is C=C(C)C1(C(=C)C)CCCC1. The van der Waals surface area contributed by atoms with E-state index < -0.39 is 0 Å². The Morgan fingerprint density at radius 3 is 1.55 bits per heavy atom. The summed E-state index contributed by atoms with van der Waals surface area (Å²) in [7, 11) is 0. The highest BCUT2D eigenvalue weighted by atomic mass is 14.4. The van der Waals surface area contributed by atoms with Crippen molar-refractivity contribution < 1.29 is 0 Å². The molecular weight excluding hydrogens is 132 g/mol. The monoisotopic (exact) mass is 150 g/mol. The van der Waals surface area contributed by atoms with Crippen molar-refractivity contribution in [3.8, 4) is 0 Å². The summed E-state index contributed by atoms with van der Waals surface area (Å²) >= 11 is 0. The van der Waals surface area contributed by atoms with E-state index in [2.05, 4.69) is 27.0 Å². The molecule has 1 aliphatic rings. The molecule has 0 aromatic heterocycles. The fourth-order valence-corrected chi connectivity index (χ4v) is 2.20. The molecule has 0 radical (unpaired) electrons. The first-order valence-electron chi connectivity index (χ1n) is 4.41. The lowest BCUT2D eigenvalue weighted by atomic mass is 9.75. The molecule has 0 saturated heterocycles. The molecule has 0 aromatic rings. The number of allylic oxidation sites excluding steroid dienone is 2. The van der Waals surface area contributed by atoms with Gasteiger partial charge in [0.15, 0.2) is 0 Å². The maximum absolute atomic E-state index is 4.07. The number of hydrogen-bond donors (Lipinski definition) is 0. The van der Waals surface area contributed by atoms with E-state index in [1.165, 1.54) is 36.8 Å². The van der Waals surface area contributed by atoms with E-state index in [1.54, 1.807) is 0 Å². The minimum atomic E-state index is 0.306. The van der Waals surface area contributed by atoms with Gasteiger partial charge in [-0.2, -0.15) is 0 Å². The molecule has 1 aliphatic carbocycles. The van der Waals surface area contributed by atoms with E-state index in [9.17, 15) is 0 Å². The minimum absolute atomic E-state index is 0.306. The lowest BCUT2D eigenvalue weighted by Gasteiger charge is -2.30. The molecule has 0 bridgehead atoms. The molecule has 0 aliphatic heterocycles. The topological polar surface area (TPSA) is 0 Å². The van der Waals surface area contributed by atoms with Crippen LogP contribution in [0.3, 0.4) is 0 Å². The third-order valence-electron chi connectivity index (χ3n) is 3.09. The molecular formula is C11H18. The fourth-order valence-electron chi connectivity index (χ4n) is 2.20. The highest BCUT2D eigenvalue weighted by molar-refractivity contribution is 5.24. The van der Waals surface area contributed by atoms with E-state index in [-0.39, 0.29) is 0 Å². The van der Waals surface area contributed by atoms with Crippen LogP contribution in [0.15, 0.2) is 24.3 Å². The van der Waals surface area contributed by atoms with Gasteiger partial charge < -0.3 is 0 Å². The second kappa shape index (κ2) is 2.84. The standard InChI is InChI=1S/C11H18/c1-9(2)11(10(3)4)7-5-6-8-11/h1,3,5-8H2,2,4H3. The van der Waals surface area contributed by atoms with Crippen LogP contribution in [0.4, 0.5) is 0 Å². The van der Waals surface area contributed by atoms with Gasteiger partial charge in [-0.15, -0.1) is 0 Å². The maximum Gasteiger partial charge on any atom is 0.0110 e. The van der Waals surface area contributed by atoms with Gasteiger partial charge in [-0.1, -0.05) is 37.1 Å². The maximum atomic E-state index is 4.07. The van der Waals surface area contributed by atoms with E-state index in [1.807, 2.05) is 0 Å². The minimum Gasteiger partial charge on any atom is -0.0993 e. The molecule has 0 amide bonds. The first kappa shape index (κ1) is 8.58. The third-order valence-corrected chi connectivity index (χ3v) is 3.09. The Kier molecular flexibility index (Phi) is 2.22. The van der Waals surface area contributed by atoms with Crippen LogP contribution in [0.5, 0.6) is 0 Å². The van der Waals surface area contributed by atoms with Gasteiger partial charge in [0.05, 0.1) is 0 Å². The fraction of sp³-hybridized carbons (Fsp3) is 0.636. The zero-order chi connectivity index (χ0) is 8.48. The van der Waals surface area contributed by atoms with Crippen molar-refractivity contribution in [3.05, 3.63) is 24.3 Å². The summed E-state index contributed by atoms with van der Waals surface area (Å²) in [4.78, 5) is 0. The molecule has 0 aromatic carbocycles. The van der Waals surface area contributed by atoms with Gasteiger partial charge in [0, 0.05) is 5.41 Å². The van der Waals surface area contributed by atoms with Crippen molar-refractivity contribution in [2.75, 3.05) is 0 Å². The number of rotatable bonds is 2. The van der Waals surface area contributed by atoms with Gasteiger partial charge in [-0.05, 0) is 26.7 Å². The van der Waals surface area contributed by atoms with Crippen LogP contribution < -0.4 is 0 Å². The van der Waals surface area contributed by atoms with Crippen LogP contribution in [0.2, 0.25) is 0 Å². The van der Waals surface area contributed by atoms with Crippen molar-refractivity contribution in [2.45, 2.75) is 39.5 Å². The second-order valence-corrected chi connectivity index (χ2v) is 3.85. The van der Waals surface area contributed by atoms with E-state index in [0.29, 0.717) is 5.41 Å². The van der Waals surface area contributed by atoms with Crippen LogP contribution in [0.1, 0.15) is 39.5 Å². The molecule has 0 heterocycles. The van der Waals surface area contributed by atoms with Crippen LogP contribution >= 0.6 is 0 Å². The molecule has 0 nitrogen and oxygen atoms in total. The van der Waals surface area contributed by atoms with Crippen molar-refractivity contribution in [1.82, 2.24) is 0 Å². The highest BCUT2D eigenvalue weighted by Crippen LogP contribution is 2.48. The Bertz CT molecular complexity index is 164. The van der Waals surface area contributed by atoms with Crippen LogP contribution in [-0.4, -0.2) is 0 Å². The van der Waals surface area contributed by atoms with Crippen LogP contribution in [0.25, 0.3) is 0 Å². The second-order valence-electron chi connectivity index (χ2n) is 3.85. The van der Waals surface area contributed by atoms with E-state index in [0.717, 1.165) is 0 Å². The van der Waals surface area contributed by atoms with Crippen LogP contribution in [-0.2, 0) is 0 Å². The summed E-state index contributed by atoms with van der Waals surface area (Å²) in [6, 6.07) is 0. The van der Waals surface area contributed by atoms with Crippen molar-refractivity contribution in [1.29, 1.82) is 0 Å². The summed E-state index contributed by atoms with van der Waals surface area (Å²) in [5.74, 6) is 0. The molecule has 0 N–H and O–H groups in total. The highest BCUT2D eigenvalue weighted by Gasteiger charge is 2.34. The van der Waals surface area contributed by atoms with Gasteiger partial charge in [0.1, 0.15) is 0 Å². The molecule has 11 heavy (non-hydrogen) atoms. The smallest absolute Gasteiger partial charge is 0.0110 e. The summed E-state index contributed by atoms with van der Waals surface area (Å²) < 4.78 is 0. The average molecular weight is 150 g/mol. The molecule has 0 spiro atoms. The normalized spacial score (nSPS) is 21.6. The lowest BCUT2D eigenvalue weighted by molar-refractivity contribution is 0.449. The average Bonchev–Trinajstić information content (AvgIpc) is 2.34. The van der Waals surface area contributed by atoms with E-state index in [4.69, 9.17) is 0 Å². The van der Waals surface area contributed by atoms with Gasteiger partial charge in [-0.3, -0.25) is 0 Å². The van der Waals surface area contributed by atoms with Gasteiger partial charge in [0.2, 0.25) is 0 Å². The molecule has 1 rings (SSSR count). The molecule has 1 fully saturated rings. The Morgan fingerprint density at radius 2 is 1.36 bits per heavy atom. The zero-order valence-electron chi connectivity index (χ0n) is 7.74. The molecule has 1 saturated carbocycles.